The van der Waals surface area contributed by atoms with Crippen LogP contribution in [0.5, 0.6) is 0 Å². The van der Waals surface area contributed by atoms with Crippen molar-refractivity contribution in [2.45, 2.75) is 0 Å². The van der Waals surface area contributed by atoms with Crippen molar-refractivity contribution >= 4 is 5.91 Å². The van der Waals surface area contributed by atoms with E-state index < -0.39 is 0 Å². The topological polar surface area (TPSA) is 38.1 Å². The van der Waals surface area contributed by atoms with Crippen molar-refractivity contribution in [2.75, 3.05) is 14.1 Å². The van der Waals surface area contributed by atoms with E-state index in [1.807, 2.05) is 14.1 Å². The SMILES string of the molecule is CN(C)C=CC(=O)n1ccnc1. The lowest BCUT2D eigenvalue weighted by Gasteiger charge is -2.02. The Morgan fingerprint density at radius 2 is 2.33 bits per heavy atom. The van der Waals surface area contributed by atoms with Crippen LogP contribution in [-0.4, -0.2) is 34.5 Å². The first-order valence-electron chi connectivity index (χ1n) is 3.57. The second-order valence-corrected chi connectivity index (χ2v) is 2.59. The zero-order chi connectivity index (χ0) is 8.97. The molecule has 4 heteroatoms. The third-order valence-corrected chi connectivity index (χ3v) is 1.27. The monoisotopic (exact) mass is 165 g/mol. The number of hydrogen-bond acceptors (Lipinski definition) is 3. The van der Waals surface area contributed by atoms with E-state index in [9.17, 15) is 4.79 Å². The standard InChI is InChI=1S/C8H11N3O/c1-10(2)5-3-8(12)11-6-4-9-7-11/h3-7H,1-2H3. The molecule has 0 bridgehead atoms. The van der Waals surface area contributed by atoms with Gasteiger partial charge in [0.15, 0.2) is 0 Å². The zero-order valence-corrected chi connectivity index (χ0v) is 7.14. The summed E-state index contributed by atoms with van der Waals surface area (Å²) in [6, 6.07) is 0. The van der Waals surface area contributed by atoms with Crippen LogP contribution >= 0.6 is 0 Å². The Morgan fingerprint density at radius 1 is 1.58 bits per heavy atom. The third-order valence-electron chi connectivity index (χ3n) is 1.27. The summed E-state index contributed by atoms with van der Waals surface area (Å²) in [4.78, 5) is 16.8. The number of hydrogen-bond donors (Lipinski definition) is 0. The molecule has 0 saturated heterocycles. The molecule has 1 rings (SSSR count). The van der Waals surface area contributed by atoms with Crippen LogP contribution in [0.2, 0.25) is 0 Å². The van der Waals surface area contributed by atoms with Crippen LogP contribution in [0.3, 0.4) is 0 Å². The first kappa shape index (κ1) is 8.52. The molecule has 0 fully saturated rings. The van der Waals surface area contributed by atoms with E-state index in [-0.39, 0.29) is 5.91 Å². The minimum Gasteiger partial charge on any atom is -0.383 e. The van der Waals surface area contributed by atoms with E-state index in [4.69, 9.17) is 0 Å². The molecular weight excluding hydrogens is 154 g/mol. The maximum Gasteiger partial charge on any atom is 0.257 e. The lowest BCUT2D eigenvalue weighted by atomic mass is 10.5. The van der Waals surface area contributed by atoms with Crippen LogP contribution in [0.4, 0.5) is 0 Å². The molecule has 0 aromatic carbocycles. The van der Waals surface area contributed by atoms with E-state index in [0.29, 0.717) is 0 Å². The molecule has 0 saturated carbocycles. The van der Waals surface area contributed by atoms with Crippen LogP contribution in [0.1, 0.15) is 4.79 Å². The highest BCUT2D eigenvalue weighted by molar-refractivity contribution is 5.89. The van der Waals surface area contributed by atoms with Gasteiger partial charge in [-0.1, -0.05) is 0 Å². The second kappa shape index (κ2) is 3.71. The number of allylic oxidation sites excluding steroid dienone is 1. The fourth-order valence-electron chi connectivity index (χ4n) is 0.688. The van der Waals surface area contributed by atoms with Gasteiger partial charge in [-0.15, -0.1) is 0 Å². The molecule has 0 aliphatic carbocycles. The molecule has 64 valence electrons. The Hall–Kier alpha value is -1.58. The van der Waals surface area contributed by atoms with Crippen molar-refractivity contribution in [3.05, 3.63) is 31.0 Å². The maximum absolute atomic E-state index is 11.2. The summed E-state index contributed by atoms with van der Waals surface area (Å²) < 4.78 is 1.42. The number of rotatable bonds is 2. The van der Waals surface area contributed by atoms with Crippen molar-refractivity contribution in [2.24, 2.45) is 0 Å². The minimum absolute atomic E-state index is 0.0961. The normalized spacial score (nSPS) is 10.5. The van der Waals surface area contributed by atoms with Crippen LogP contribution in [0.25, 0.3) is 0 Å². The number of aromatic nitrogens is 2. The average Bonchev–Trinajstić information content (AvgIpc) is 2.51. The number of carbonyl (C=O) groups is 1. The first-order valence-corrected chi connectivity index (χ1v) is 3.57. The van der Waals surface area contributed by atoms with Gasteiger partial charge in [0.1, 0.15) is 6.33 Å². The lowest BCUT2D eigenvalue weighted by Crippen LogP contribution is -2.07. The van der Waals surface area contributed by atoms with E-state index in [2.05, 4.69) is 4.98 Å². The van der Waals surface area contributed by atoms with Gasteiger partial charge >= 0.3 is 0 Å². The molecule has 0 radical (unpaired) electrons. The Labute approximate surface area is 71.1 Å². The summed E-state index contributed by atoms with van der Waals surface area (Å²) in [5.74, 6) is -0.0961. The summed E-state index contributed by atoms with van der Waals surface area (Å²) in [5.41, 5.74) is 0. The minimum atomic E-state index is -0.0961. The summed E-state index contributed by atoms with van der Waals surface area (Å²) in [5, 5.41) is 0. The molecule has 0 N–H and O–H groups in total. The first-order chi connectivity index (χ1) is 5.70. The van der Waals surface area contributed by atoms with Gasteiger partial charge in [-0.2, -0.15) is 0 Å². The van der Waals surface area contributed by atoms with Crippen LogP contribution in [0, 0.1) is 0 Å². The molecule has 0 amide bonds. The van der Waals surface area contributed by atoms with Gasteiger partial charge in [-0.05, 0) is 0 Å². The van der Waals surface area contributed by atoms with Crippen molar-refractivity contribution in [3.63, 3.8) is 0 Å². The smallest absolute Gasteiger partial charge is 0.257 e. The Bertz CT molecular complexity index is 275. The number of carbonyl (C=O) groups excluding carboxylic acids is 1. The van der Waals surface area contributed by atoms with Crippen molar-refractivity contribution in [1.29, 1.82) is 0 Å². The van der Waals surface area contributed by atoms with Crippen LogP contribution < -0.4 is 0 Å². The molecule has 0 aliphatic heterocycles. The summed E-state index contributed by atoms with van der Waals surface area (Å²) in [6.45, 7) is 0. The average molecular weight is 165 g/mol. The van der Waals surface area contributed by atoms with Gasteiger partial charge < -0.3 is 4.90 Å². The fraction of sp³-hybridized carbons (Fsp3) is 0.250. The molecule has 12 heavy (non-hydrogen) atoms. The van der Waals surface area contributed by atoms with E-state index in [0.717, 1.165) is 0 Å². The van der Waals surface area contributed by atoms with E-state index in [1.54, 1.807) is 23.5 Å². The highest BCUT2D eigenvalue weighted by Crippen LogP contribution is 1.88. The number of imidazole rings is 1. The predicted molar refractivity (Wildman–Crippen MR) is 45.7 cm³/mol. The molecule has 0 atom stereocenters. The van der Waals surface area contributed by atoms with Crippen molar-refractivity contribution in [1.82, 2.24) is 14.5 Å². The molecular formula is C8H11N3O. The Morgan fingerprint density at radius 3 is 2.83 bits per heavy atom. The summed E-state index contributed by atoms with van der Waals surface area (Å²) in [6.07, 6.45) is 7.84. The van der Waals surface area contributed by atoms with Gasteiger partial charge in [-0.25, -0.2) is 4.98 Å². The second-order valence-electron chi connectivity index (χ2n) is 2.59. The van der Waals surface area contributed by atoms with Crippen LogP contribution in [-0.2, 0) is 0 Å². The largest absolute Gasteiger partial charge is 0.383 e. The van der Waals surface area contributed by atoms with Gasteiger partial charge in [0.05, 0.1) is 0 Å². The third kappa shape index (κ3) is 2.23. The van der Waals surface area contributed by atoms with E-state index in [1.165, 1.54) is 17.0 Å². The lowest BCUT2D eigenvalue weighted by molar-refractivity contribution is 0.0967. The Kier molecular flexibility index (Phi) is 2.63. The quantitative estimate of drug-likeness (QED) is 0.602. The molecule has 1 aromatic rings. The fourth-order valence-corrected chi connectivity index (χ4v) is 0.688. The summed E-state index contributed by atoms with van der Waals surface area (Å²) >= 11 is 0. The predicted octanol–water partition coefficient (Wildman–Crippen LogP) is 0.599. The molecule has 1 aromatic heterocycles. The van der Waals surface area contributed by atoms with Crippen molar-refractivity contribution < 1.29 is 4.79 Å². The molecule has 4 nitrogen and oxygen atoms in total. The maximum atomic E-state index is 11.2. The van der Waals surface area contributed by atoms with Crippen molar-refractivity contribution in [3.8, 4) is 0 Å². The highest BCUT2D eigenvalue weighted by Gasteiger charge is 1.96. The summed E-state index contributed by atoms with van der Waals surface area (Å²) in [7, 11) is 3.72. The van der Waals surface area contributed by atoms with Crippen LogP contribution in [0.15, 0.2) is 31.0 Å². The van der Waals surface area contributed by atoms with Gasteiger partial charge in [0, 0.05) is 38.8 Å². The van der Waals surface area contributed by atoms with Gasteiger partial charge in [0.25, 0.3) is 5.91 Å². The molecule has 1 heterocycles. The molecule has 0 aliphatic rings. The molecule has 0 spiro atoms. The zero-order valence-electron chi connectivity index (χ0n) is 7.14. The number of nitrogens with zero attached hydrogens (tertiary/aromatic N) is 3. The Balaban J connectivity index is 2.62. The van der Waals surface area contributed by atoms with Gasteiger partial charge in [-0.3, -0.25) is 9.36 Å². The van der Waals surface area contributed by atoms with Gasteiger partial charge in [0.2, 0.25) is 0 Å². The molecule has 0 unspecified atom stereocenters. The highest BCUT2D eigenvalue weighted by atomic mass is 16.1. The van der Waals surface area contributed by atoms with E-state index >= 15 is 0 Å².